The molecular weight excluding hydrogens is 599 g/mol. The molecule has 0 aliphatic rings. The summed E-state index contributed by atoms with van der Waals surface area (Å²) in [5.41, 5.74) is -6.55. The van der Waals surface area contributed by atoms with Crippen molar-refractivity contribution in [2.24, 2.45) is 0 Å². The molecule has 5 aromatic rings. The Hall–Kier alpha value is -4.02. The Bertz CT molecular complexity index is 2050. The number of pyridine rings is 1. The summed E-state index contributed by atoms with van der Waals surface area (Å²) in [6.45, 7) is 1.38. The molecule has 40 heavy (non-hydrogen) atoms. The lowest BCUT2D eigenvalue weighted by atomic mass is 10.3. The van der Waals surface area contributed by atoms with Crippen LogP contribution in [0.4, 0.5) is 13.2 Å². The molecule has 0 amide bonds. The summed E-state index contributed by atoms with van der Waals surface area (Å²) in [5.74, 6) is -0.902. The van der Waals surface area contributed by atoms with Gasteiger partial charge in [0.1, 0.15) is 17.5 Å². The van der Waals surface area contributed by atoms with Crippen LogP contribution in [-0.4, -0.2) is 52.4 Å². The van der Waals surface area contributed by atoms with Gasteiger partial charge in [-0.2, -0.15) is 23.0 Å². The maximum atomic E-state index is 13.1. The van der Waals surface area contributed by atoms with Crippen molar-refractivity contribution in [1.82, 2.24) is 24.3 Å². The van der Waals surface area contributed by atoms with Crippen molar-refractivity contribution in [1.29, 1.82) is 0 Å². The lowest BCUT2D eigenvalue weighted by molar-refractivity contribution is -0.0435. The van der Waals surface area contributed by atoms with Gasteiger partial charge in [-0.1, -0.05) is 18.5 Å². The van der Waals surface area contributed by atoms with E-state index in [2.05, 4.69) is 15.1 Å². The second kappa shape index (κ2) is 9.57. The Morgan fingerprint density at radius 2 is 1.68 bits per heavy atom. The second-order valence-corrected chi connectivity index (χ2v) is 12.8. The van der Waals surface area contributed by atoms with Crippen molar-refractivity contribution in [2.45, 2.75) is 22.2 Å². The molecule has 0 saturated carbocycles. The van der Waals surface area contributed by atoms with Crippen LogP contribution in [0.5, 0.6) is 0 Å². The van der Waals surface area contributed by atoms with Crippen LogP contribution in [0, 0.1) is 0 Å². The number of aromatic nitrogens is 5. The number of fused-ring (bicyclic) bond motifs is 1. The summed E-state index contributed by atoms with van der Waals surface area (Å²) >= 11 is 5.90. The van der Waals surface area contributed by atoms with Crippen LogP contribution in [0.1, 0.15) is 6.92 Å². The molecule has 0 bridgehead atoms. The lowest BCUT2D eigenvalue weighted by Crippen LogP contribution is -2.23. The van der Waals surface area contributed by atoms with Crippen LogP contribution in [0.25, 0.3) is 34.2 Å². The standard InChI is InChI=1S/C23H15ClF3N5O6S2/c1-2-39(34,35)18-9-10-19(32-22(33)31(12-28-32)14-5-3-13(24)4-6-14)30-20(18)21-29-16-11-15(7-8-17(16)38-21)40(36,37)23(25,26)27/h3-12H,2H2,1H3. The van der Waals surface area contributed by atoms with Crippen LogP contribution < -0.4 is 5.69 Å². The zero-order chi connectivity index (χ0) is 29.0. The fourth-order valence-corrected chi connectivity index (χ4v) is 5.58. The van der Waals surface area contributed by atoms with E-state index in [1.165, 1.54) is 30.0 Å². The third kappa shape index (κ3) is 4.67. The van der Waals surface area contributed by atoms with Crippen molar-refractivity contribution in [3.63, 3.8) is 0 Å². The zero-order valence-electron chi connectivity index (χ0n) is 20.0. The molecule has 0 fully saturated rings. The number of alkyl halides is 3. The number of nitrogens with zero attached hydrogens (tertiary/aromatic N) is 5. The Kier molecular flexibility index (Phi) is 6.59. The van der Waals surface area contributed by atoms with Crippen molar-refractivity contribution >= 4 is 42.4 Å². The molecule has 17 heteroatoms. The van der Waals surface area contributed by atoms with Gasteiger partial charge in [0, 0.05) is 5.02 Å². The third-order valence-electron chi connectivity index (χ3n) is 5.73. The molecule has 0 aliphatic carbocycles. The second-order valence-electron chi connectivity index (χ2n) is 8.19. The maximum absolute atomic E-state index is 13.1. The van der Waals surface area contributed by atoms with Gasteiger partial charge in [-0.05, 0) is 54.6 Å². The highest BCUT2D eigenvalue weighted by atomic mass is 35.5. The largest absolute Gasteiger partial charge is 0.501 e. The SMILES string of the molecule is CCS(=O)(=O)c1ccc(-n2ncn(-c3ccc(Cl)cc3)c2=O)nc1-c1nc2cc(S(=O)(=O)C(F)(F)F)ccc2o1. The molecule has 0 atom stereocenters. The summed E-state index contributed by atoms with van der Waals surface area (Å²) in [6.07, 6.45) is 1.21. The predicted octanol–water partition coefficient (Wildman–Crippen LogP) is 3.97. The average molecular weight is 614 g/mol. The minimum absolute atomic E-state index is 0.120. The fraction of sp³-hybridized carbons (Fsp3) is 0.130. The molecule has 11 nitrogen and oxygen atoms in total. The fourth-order valence-electron chi connectivity index (χ4n) is 3.66. The highest BCUT2D eigenvalue weighted by Gasteiger charge is 2.47. The van der Waals surface area contributed by atoms with Crippen LogP contribution in [0.15, 0.2) is 79.9 Å². The zero-order valence-corrected chi connectivity index (χ0v) is 22.4. The molecule has 0 unspecified atom stereocenters. The third-order valence-corrected chi connectivity index (χ3v) is 9.22. The van der Waals surface area contributed by atoms with Gasteiger partial charge < -0.3 is 4.42 Å². The number of sulfone groups is 2. The first-order valence-corrected chi connectivity index (χ1v) is 14.6. The van der Waals surface area contributed by atoms with Gasteiger partial charge in [0.05, 0.1) is 21.2 Å². The van der Waals surface area contributed by atoms with Gasteiger partial charge in [0.25, 0.3) is 9.84 Å². The van der Waals surface area contributed by atoms with E-state index >= 15 is 0 Å². The highest BCUT2D eigenvalue weighted by Crippen LogP contribution is 2.34. The maximum Gasteiger partial charge on any atom is 0.501 e. The Balaban J connectivity index is 1.67. The Morgan fingerprint density at radius 1 is 0.975 bits per heavy atom. The molecule has 0 N–H and O–H groups in total. The van der Waals surface area contributed by atoms with E-state index in [4.69, 9.17) is 16.0 Å². The number of benzene rings is 2. The summed E-state index contributed by atoms with van der Waals surface area (Å²) in [7, 11) is -9.63. The van der Waals surface area contributed by atoms with Crippen molar-refractivity contribution in [2.75, 3.05) is 5.75 Å². The van der Waals surface area contributed by atoms with Gasteiger partial charge in [0.15, 0.2) is 21.2 Å². The van der Waals surface area contributed by atoms with Crippen LogP contribution in [0.2, 0.25) is 5.02 Å². The van der Waals surface area contributed by atoms with Crippen LogP contribution in [0.3, 0.4) is 0 Å². The first-order valence-electron chi connectivity index (χ1n) is 11.1. The van der Waals surface area contributed by atoms with Crippen molar-refractivity contribution in [3.8, 4) is 23.1 Å². The predicted molar refractivity (Wildman–Crippen MR) is 136 cm³/mol. The number of oxazole rings is 1. The van der Waals surface area contributed by atoms with Gasteiger partial charge >= 0.3 is 11.2 Å². The van der Waals surface area contributed by atoms with E-state index in [0.717, 1.165) is 10.7 Å². The number of rotatable bonds is 6. The van der Waals surface area contributed by atoms with Gasteiger partial charge in [-0.3, -0.25) is 0 Å². The molecule has 208 valence electrons. The number of hydrogen-bond donors (Lipinski definition) is 0. The van der Waals surface area contributed by atoms with E-state index < -0.39 is 41.7 Å². The van der Waals surface area contributed by atoms with Crippen molar-refractivity contribution in [3.05, 3.63) is 76.4 Å². The molecule has 3 heterocycles. The molecule has 0 spiro atoms. The minimum Gasteiger partial charge on any atom is -0.435 e. The summed E-state index contributed by atoms with van der Waals surface area (Å²) < 4.78 is 96.0. The molecule has 0 radical (unpaired) electrons. The molecule has 3 aromatic heterocycles. The van der Waals surface area contributed by atoms with E-state index in [9.17, 15) is 34.8 Å². The van der Waals surface area contributed by atoms with E-state index in [-0.39, 0.29) is 33.3 Å². The average Bonchev–Trinajstić information content (AvgIpc) is 3.51. The Labute approximate surface area is 228 Å². The monoisotopic (exact) mass is 613 g/mol. The Morgan fingerprint density at radius 3 is 2.33 bits per heavy atom. The van der Waals surface area contributed by atoms with E-state index in [1.807, 2.05) is 0 Å². The van der Waals surface area contributed by atoms with Crippen LogP contribution >= 0.6 is 11.6 Å². The molecule has 2 aromatic carbocycles. The minimum atomic E-state index is -5.68. The first kappa shape index (κ1) is 27.5. The normalized spacial score (nSPS) is 12.7. The summed E-state index contributed by atoms with van der Waals surface area (Å²) in [4.78, 5) is 19.9. The highest BCUT2D eigenvalue weighted by molar-refractivity contribution is 7.92. The first-order chi connectivity index (χ1) is 18.7. The molecule has 5 rings (SSSR count). The number of hydrogen-bond acceptors (Lipinski definition) is 9. The van der Waals surface area contributed by atoms with Gasteiger partial charge in [-0.15, -0.1) is 0 Å². The smallest absolute Gasteiger partial charge is 0.435 e. The summed E-state index contributed by atoms with van der Waals surface area (Å²) in [6, 6.07) is 11.0. The van der Waals surface area contributed by atoms with E-state index in [0.29, 0.717) is 22.8 Å². The topological polar surface area (TPSA) is 147 Å². The lowest BCUT2D eigenvalue weighted by Gasteiger charge is -2.08. The van der Waals surface area contributed by atoms with E-state index in [1.54, 1.807) is 24.3 Å². The summed E-state index contributed by atoms with van der Waals surface area (Å²) in [5, 5.41) is 4.48. The van der Waals surface area contributed by atoms with Crippen LogP contribution in [-0.2, 0) is 19.7 Å². The number of halogens is 4. The molecule has 0 saturated heterocycles. The van der Waals surface area contributed by atoms with Gasteiger partial charge in [0.2, 0.25) is 5.89 Å². The molecule has 0 aliphatic heterocycles. The van der Waals surface area contributed by atoms with Crippen molar-refractivity contribution < 1.29 is 34.4 Å². The van der Waals surface area contributed by atoms with Gasteiger partial charge in [-0.25, -0.2) is 36.2 Å². The quantitative estimate of drug-likeness (QED) is 0.277. The molecular formula is C23H15ClF3N5O6S2.